The predicted octanol–water partition coefficient (Wildman–Crippen LogP) is 7.52. The normalized spacial score (nSPS) is 19.1. The van der Waals surface area contributed by atoms with Crippen molar-refractivity contribution in [1.29, 1.82) is 0 Å². The summed E-state index contributed by atoms with van der Waals surface area (Å²) in [5.74, 6) is 3.28. The summed E-state index contributed by atoms with van der Waals surface area (Å²) in [5.41, 5.74) is 3.16. The average Bonchev–Trinajstić information content (AvgIpc) is 2.91. The number of hydrogen-bond donors (Lipinski definition) is 0. The third-order valence-corrected chi connectivity index (χ3v) is 12.4. The van der Waals surface area contributed by atoms with Crippen LogP contribution < -0.4 is 18.6 Å². The highest BCUT2D eigenvalue weighted by Gasteiger charge is 2.44. The van der Waals surface area contributed by atoms with Crippen LogP contribution in [0.2, 0.25) is 18.1 Å². The number of hydrogen-bond acceptors (Lipinski definition) is 6. The lowest BCUT2D eigenvalue weighted by Gasteiger charge is -2.43. The Hall–Kier alpha value is -3.00. The van der Waals surface area contributed by atoms with Gasteiger partial charge in [-0.05, 0) is 59.6 Å². The Balaban J connectivity index is 1.73. The second-order valence-electron chi connectivity index (χ2n) is 11.9. The molecule has 0 saturated heterocycles. The van der Waals surface area contributed by atoms with Crippen molar-refractivity contribution in [2.24, 2.45) is 0 Å². The molecule has 1 aliphatic heterocycles. The van der Waals surface area contributed by atoms with Crippen LogP contribution in [0.15, 0.2) is 66.7 Å². The Morgan fingerprint density at radius 3 is 1.97 bits per heavy atom. The highest BCUT2D eigenvalue weighted by atomic mass is 28.4. The van der Waals surface area contributed by atoms with Crippen LogP contribution in [0.25, 0.3) is 0 Å². The van der Waals surface area contributed by atoms with E-state index >= 15 is 0 Å². The van der Waals surface area contributed by atoms with E-state index in [4.69, 9.17) is 28.1 Å². The molecule has 0 saturated carbocycles. The third-order valence-electron chi connectivity index (χ3n) is 8.05. The molecule has 6 nitrogen and oxygen atoms in total. The zero-order valence-electron chi connectivity index (χ0n) is 24.5. The van der Waals surface area contributed by atoms with Crippen molar-refractivity contribution in [2.45, 2.75) is 57.2 Å². The van der Waals surface area contributed by atoms with Gasteiger partial charge in [-0.1, -0.05) is 58.0 Å². The van der Waals surface area contributed by atoms with Crippen molar-refractivity contribution >= 4 is 8.32 Å². The minimum Gasteiger partial charge on any atom is -0.544 e. The molecule has 3 aromatic carbocycles. The zero-order valence-corrected chi connectivity index (χ0v) is 25.5. The average molecular weight is 551 g/mol. The summed E-state index contributed by atoms with van der Waals surface area (Å²) >= 11 is 0. The summed E-state index contributed by atoms with van der Waals surface area (Å²) < 4.78 is 34.4. The fourth-order valence-corrected chi connectivity index (χ4v) is 5.81. The molecule has 0 unspecified atom stereocenters. The van der Waals surface area contributed by atoms with E-state index in [9.17, 15) is 0 Å². The summed E-state index contributed by atoms with van der Waals surface area (Å²) in [5, 5.41) is 0.131. The molecule has 0 amide bonds. The standard InChI is InChI=1S/C32H42O6Si/c1-31(2,3)39(7,8)38-26-13-9-23(10-14-26)30-28-18-17-27(37-22-34-6)19-29(28)35-20-32(30,4)24-11-15-25(16-12-24)36-21-33-5/h9-19,30H,20-22H2,1-8H3/t30-,32-/m1/s1. The molecule has 4 rings (SSSR count). The first-order chi connectivity index (χ1) is 18.5. The Morgan fingerprint density at radius 2 is 1.38 bits per heavy atom. The first-order valence-electron chi connectivity index (χ1n) is 13.4. The maximum atomic E-state index is 6.58. The van der Waals surface area contributed by atoms with E-state index in [1.807, 2.05) is 24.3 Å². The van der Waals surface area contributed by atoms with Crippen LogP contribution in [0.5, 0.6) is 23.0 Å². The maximum absolute atomic E-state index is 6.58. The summed E-state index contributed by atoms with van der Waals surface area (Å²) in [6, 6.07) is 22.9. The molecule has 1 heterocycles. The van der Waals surface area contributed by atoms with Gasteiger partial charge in [-0.15, -0.1) is 0 Å². The molecule has 2 atom stereocenters. The van der Waals surface area contributed by atoms with Crippen molar-refractivity contribution in [1.82, 2.24) is 0 Å². The van der Waals surface area contributed by atoms with Crippen LogP contribution in [-0.4, -0.2) is 42.7 Å². The maximum Gasteiger partial charge on any atom is 0.250 e. The highest BCUT2D eigenvalue weighted by molar-refractivity contribution is 6.74. The Kier molecular flexibility index (Phi) is 8.64. The minimum atomic E-state index is -1.94. The van der Waals surface area contributed by atoms with E-state index in [1.165, 1.54) is 11.1 Å². The lowest BCUT2D eigenvalue weighted by atomic mass is 9.65. The van der Waals surface area contributed by atoms with E-state index in [1.54, 1.807) is 14.2 Å². The van der Waals surface area contributed by atoms with Crippen LogP contribution in [0.1, 0.15) is 50.3 Å². The fraction of sp³-hybridized carbons (Fsp3) is 0.438. The SMILES string of the molecule is COCOc1ccc([C@@]2(C)COc3cc(OCOC)ccc3[C@H]2c2ccc(O[Si](C)(C)C(C)(C)C)cc2)cc1. The van der Waals surface area contributed by atoms with Gasteiger partial charge >= 0.3 is 0 Å². The molecule has 0 radical (unpaired) electrons. The van der Waals surface area contributed by atoms with Gasteiger partial charge in [0.2, 0.25) is 8.32 Å². The van der Waals surface area contributed by atoms with Crippen molar-refractivity contribution in [2.75, 3.05) is 34.4 Å². The van der Waals surface area contributed by atoms with Gasteiger partial charge in [-0.25, -0.2) is 0 Å². The minimum absolute atomic E-state index is 0.0467. The lowest BCUT2D eigenvalue weighted by Crippen LogP contribution is -2.43. The second-order valence-corrected chi connectivity index (χ2v) is 16.6. The van der Waals surface area contributed by atoms with Gasteiger partial charge in [0.1, 0.15) is 23.0 Å². The van der Waals surface area contributed by atoms with Crippen molar-refractivity contribution in [3.63, 3.8) is 0 Å². The predicted molar refractivity (Wildman–Crippen MR) is 157 cm³/mol. The highest BCUT2D eigenvalue weighted by Crippen LogP contribution is 2.51. The van der Waals surface area contributed by atoms with Crippen LogP contribution >= 0.6 is 0 Å². The summed E-state index contributed by atoms with van der Waals surface area (Å²) in [7, 11) is 1.29. The van der Waals surface area contributed by atoms with Gasteiger partial charge in [0.15, 0.2) is 13.6 Å². The molecule has 0 fully saturated rings. The molecular weight excluding hydrogens is 508 g/mol. The number of rotatable bonds is 10. The summed E-state index contributed by atoms with van der Waals surface area (Å²) in [6.07, 6.45) is 0. The van der Waals surface area contributed by atoms with Gasteiger partial charge in [0.25, 0.3) is 0 Å². The lowest BCUT2D eigenvalue weighted by molar-refractivity contribution is 0.0505. The molecule has 0 aromatic heterocycles. The van der Waals surface area contributed by atoms with Crippen LogP contribution in [0, 0.1) is 0 Å². The van der Waals surface area contributed by atoms with Crippen LogP contribution in [-0.2, 0) is 14.9 Å². The van der Waals surface area contributed by atoms with E-state index < -0.39 is 8.32 Å². The molecule has 0 N–H and O–H groups in total. The monoisotopic (exact) mass is 550 g/mol. The smallest absolute Gasteiger partial charge is 0.250 e. The van der Waals surface area contributed by atoms with Crippen molar-refractivity contribution < 1.29 is 28.1 Å². The summed E-state index contributed by atoms with van der Waals surface area (Å²) in [4.78, 5) is 0. The van der Waals surface area contributed by atoms with Crippen LogP contribution in [0.4, 0.5) is 0 Å². The fourth-order valence-electron chi connectivity index (χ4n) is 4.78. The van der Waals surface area contributed by atoms with E-state index in [0.29, 0.717) is 6.61 Å². The van der Waals surface area contributed by atoms with E-state index in [2.05, 4.69) is 83.3 Å². The molecule has 7 heteroatoms. The van der Waals surface area contributed by atoms with Gasteiger partial charge in [0.05, 0.1) is 6.61 Å². The molecule has 1 aliphatic rings. The largest absolute Gasteiger partial charge is 0.544 e. The first-order valence-corrected chi connectivity index (χ1v) is 16.3. The second kappa shape index (κ2) is 11.6. The molecule has 0 aliphatic carbocycles. The third kappa shape index (κ3) is 6.26. The number of methoxy groups -OCH3 is 2. The topological polar surface area (TPSA) is 55.4 Å². The zero-order chi connectivity index (χ0) is 28.3. The number of ether oxygens (including phenoxy) is 5. The van der Waals surface area contributed by atoms with Gasteiger partial charge in [0, 0.05) is 37.2 Å². The molecule has 210 valence electrons. The van der Waals surface area contributed by atoms with Gasteiger partial charge in [-0.3, -0.25) is 0 Å². The number of fused-ring (bicyclic) bond motifs is 1. The molecule has 0 spiro atoms. The number of benzene rings is 3. The Bertz CT molecular complexity index is 1230. The van der Waals surface area contributed by atoms with Gasteiger partial charge < -0.3 is 28.1 Å². The molecule has 39 heavy (non-hydrogen) atoms. The quantitative estimate of drug-likeness (QED) is 0.192. The van der Waals surface area contributed by atoms with E-state index in [-0.39, 0.29) is 30.0 Å². The van der Waals surface area contributed by atoms with Crippen molar-refractivity contribution in [3.05, 3.63) is 83.4 Å². The Morgan fingerprint density at radius 1 is 0.821 bits per heavy atom. The van der Waals surface area contributed by atoms with Gasteiger partial charge in [-0.2, -0.15) is 0 Å². The summed E-state index contributed by atoms with van der Waals surface area (Å²) in [6.45, 7) is 14.5. The van der Waals surface area contributed by atoms with Crippen molar-refractivity contribution in [3.8, 4) is 23.0 Å². The first kappa shape index (κ1) is 29.0. The molecular formula is C32H42O6Si. The Labute approximate surface area is 234 Å². The van der Waals surface area contributed by atoms with E-state index in [0.717, 1.165) is 28.6 Å². The molecule has 3 aromatic rings. The molecule has 0 bridgehead atoms. The van der Waals surface area contributed by atoms with Crippen LogP contribution in [0.3, 0.4) is 0 Å².